The van der Waals surface area contributed by atoms with Gasteiger partial charge in [-0.1, -0.05) is 23.7 Å². The maximum absolute atomic E-state index is 5.90. The average Bonchev–Trinajstić information content (AvgIpc) is 2.39. The zero-order valence-corrected chi connectivity index (χ0v) is 12.1. The Kier molecular flexibility index (Phi) is 5.04. The maximum Gasteiger partial charge on any atom is 0.0406 e. The van der Waals surface area contributed by atoms with Gasteiger partial charge in [-0.05, 0) is 57.5 Å². The molecule has 2 atom stereocenters. The summed E-state index contributed by atoms with van der Waals surface area (Å²) in [5.74, 6) is 0. The number of hydrogen-bond acceptors (Lipinski definition) is 2. The minimum atomic E-state index is 0.684. The number of nitrogens with zero attached hydrogens (tertiary/aromatic N) is 1. The van der Waals surface area contributed by atoms with Crippen molar-refractivity contribution in [2.75, 3.05) is 20.1 Å². The largest absolute Gasteiger partial charge is 0.317 e. The molecule has 0 amide bonds. The Morgan fingerprint density at radius 3 is 2.67 bits per heavy atom. The molecule has 1 aliphatic heterocycles. The van der Waals surface area contributed by atoms with E-state index in [1.165, 1.54) is 24.9 Å². The summed E-state index contributed by atoms with van der Waals surface area (Å²) < 4.78 is 0. The van der Waals surface area contributed by atoms with Gasteiger partial charge in [0.15, 0.2) is 0 Å². The van der Waals surface area contributed by atoms with Crippen molar-refractivity contribution in [1.82, 2.24) is 10.2 Å². The molecular weight excluding hydrogens is 244 g/mol. The third-order valence-electron chi connectivity index (χ3n) is 4.02. The van der Waals surface area contributed by atoms with Gasteiger partial charge in [-0.2, -0.15) is 0 Å². The second-order valence-electron chi connectivity index (χ2n) is 5.27. The van der Waals surface area contributed by atoms with Crippen molar-refractivity contribution in [1.29, 1.82) is 0 Å². The molecule has 1 aromatic carbocycles. The van der Waals surface area contributed by atoms with Crippen molar-refractivity contribution in [2.24, 2.45) is 0 Å². The minimum Gasteiger partial charge on any atom is -0.317 e. The second-order valence-corrected chi connectivity index (χ2v) is 5.71. The highest BCUT2D eigenvalue weighted by atomic mass is 35.5. The van der Waals surface area contributed by atoms with E-state index in [0.29, 0.717) is 12.1 Å². The van der Waals surface area contributed by atoms with Crippen LogP contribution in [0.5, 0.6) is 0 Å². The fourth-order valence-corrected chi connectivity index (χ4v) is 2.86. The Bertz CT molecular complexity index is 363. The van der Waals surface area contributed by atoms with Gasteiger partial charge in [0.1, 0.15) is 0 Å². The molecule has 0 radical (unpaired) electrons. The molecule has 18 heavy (non-hydrogen) atoms. The molecule has 2 unspecified atom stereocenters. The summed E-state index contributed by atoms with van der Waals surface area (Å²) in [5, 5.41) is 4.21. The molecule has 100 valence electrons. The van der Waals surface area contributed by atoms with E-state index in [4.69, 9.17) is 11.6 Å². The van der Waals surface area contributed by atoms with Gasteiger partial charge >= 0.3 is 0 Å². The van der Waals surface area contributed by atoms with Crippen LogP contribution in [0, 0.1) is 0 Å². The first kappa shape index (κ1) is 13.9. The lowest BCUT2D eigenvalue weighted by Crippen LogP contribution is -2.47. The summed E-state index contributed by atoms with van der Waals surface area (Å²) in [6.07, 6.45) is 3.64. The maximum atomic E-state index is 5.90. The quantitative estimate of drug-likeness (QED) is 0.902. The van der Waals surface area contributed by atoms with Gasteiger partial charge in [0.05, 0.1) is 0 Å². The van der Waals surface area contributed by atoms with Crippen LogP contribution < -0.4 is 5.32 Å². The molecule has 0 aliphatic carbocycles. The molecule has 1 aliphatic rings. The summed E-state index contributed by atoms with van der Waals surface area (Å²) in [6.45, 7) is 4.70. The lowest BCUT2D eigenvalue weighted by molar-refractivity contribution is 0.140. The number of nitrogens with one attached hydrogen (secondary N) is 1. The Hall–Kier alpha value is -0.570. The van der Waals surface area contributed by atoms with Gasteiger partial charge in [-0.25, -0.2) is 0 Å². The number of likely N-dealkylation sites (tertiary alicyclic amines) is 1. The molecule has 3 heteroatoms. The van der Waals surface area contributed by atoms with Crippen LogP contribution in [0.3, 0.4) is 0 Å². The topological polar surface area (TPSA) is 15.3 Å². The van der Waals surface area contributed by atoms with Crippen molar-refractivity contribution in [2.45, 2.75) is 38.3 Å². The highest BCUT2D eigenvalue weighted by Gasteiger charge is 2.23. The zero-order chi connectivity index (χ0) is 13.0. The van der Waals surface area contributed by atoms with Gasteiger partial charge in [-0.15, -0.1) is 0 Å². The minimum absolute atomic E-state index is 0.684. The predicted molar refractivity (Wildman–Crippen MR) is 78.3 cm³/mol. The summed E-state index contributed by atoms with van der Waals surface area (Å²) >= 11 is 5.90. The molecular formula is C15H23ClN2. The fourth-order valence-electron chi connectivity index (χ4n) is 2.74. The molecule has 2 nitrogen and oxygen atoms in total. The lowest BCUT2D eigenvalue weighted by Gasteiger charge is -2.37. The molecule has 0 bridgehead atoms. The molecule has 1 aromatic rings. The molecule has 1 saturated heterocycles. The van der Waals surface area contributed by atoms with Gasteiger partial charge in [0.2, 0.25) is 0 Å². The SMILES string of the molecule is CNC1CCN(CCc2ccc(Cl)cc2)C(C)C1. The Labute approximate surface area is 115 Å². The predicted octanol–water partition coefficient (Wildman–Crippen LogP) is 2.95. The Morgan fingerprint density at radius 2 is 2.06 bits per heavy atom. The lowest BCUT2D eigenvalue weighted by atomic mass is 9.98. The number of halogens is 1. The molecule has 1 heterocycles. The molecule has 1 fully saturated rings. The van der Waals surface area contributed by atoms with E-state index in [9.17, 15) is 0 Å². The van der Waals surface area contributed by atoms with Gasteiger partial charge < -0.3 is 10.2 Å². The Morgan fingerprint density at radius 1 is 1.33 bits per heavy atom. The third kappa shape index (κ3) is 3.71. The second kappa shape index (κ2) is 6.55. The van der Waals surface area contributed by atoms with Crippen molar-refractivity contribution in [3.63, 3.8) is 0 Å². The van der Waals surface area contributed by atoms with Crippen LogP contribution in [-0.2, 0) is 6.42 Å². The molecule has 0 aromatic heterocycles. The summed E-state index contributed by atoms with van der Waals surface area (Å²) in [4.78, 5) is 2.60. The van der Waals surface area contributed by atoms with Crippen molar-refractivity contribution in [3.8, 4) is 0 Å². The first-order valence-corrected chi connectivity index (χ1v) is 7.22. The summed E-state index contributed by atoms with van der Waals surface area (Å²) in [6, 6.07) is 9.61. The smallest absolute Gasteiger partial charge is 0.0406 e. The standard InChI is InChI=1S/C15H23ClN2/c1-12-11-15(17-2)8-10-18(12)9-7-13-3-5-14(16)6-4-13/h3-6,12,15,17H,7-11H2,1-2H3. The van der Waals surface area contributed by atoms with Crippen molar-refractivity contribution in [3.05, 3.63) is 34.9 Å². The monoisotopic (exact) mass is 266 g/mol. The third-order valence-corrected chi connectivity index (χ3v) is 4.27. The van der Waals surface area contributed by atoms with Crippen LogP contribution in [0.15, 0.2) is 24.3 Å². The van der Waals surface area contributed by atoms with E-state index >= 15 is 0 Å². The van der Waals surface area contributed by atoms with Crippen molar-refractivity contribution >= 4 is 11.6 Å². The van der Waals surface area contributed by atoms with E-state index in [-0.39, 0.29) is 0 Å². The molecule has 2 rings (SSSR count). The van der Waals surface area contributed by atoms with Crippen LogP contribution in [0.25, 0.3) is 0 Å². The van der Waals surface area contributed by atoms with Crippen molar-refractivity contribution < 1.29 is 0 Å². The van der Waals surface area contributed by atoms with Gasteiger partial charge in [-0.3, -0.25) is 0 Å². The van der Waals surface area contributed by atoms with Crippen LogP contribution in [0.4, 0.5) is 0 Å². The van der Waals surface area contributed by atoms with Crippen LogP contribution in [0.2, 0.25) is 5.02 Å². The zero-order valence-electron chi connectivity index (χ0n) is 11.3. The number of benzene rings is 1. The summed E-state index contributed by atoms with van der Waals surface area (Å²) in [7, 11) is 2.07. The fraction of sp³-hybridized carbons (Fsp3) is 0.600. The molecule has 0 saturated carbocycles. The summed E-state index contributed by atoms with van der Waals surface area (Å²) in [5.41, 5.74) is 1.38. The van der Waals surface area contributed by atoms with E-state index in [2.05, 4.69) is 36.3 Å². The number of hydrogen-bond donors (Lipinski definition) is 1. The van der Waals surface area contributed by atoms with Gasteiger partial charge in [0.25, 0.3) is 0 Å². The van der Waals surface area contributed by atoms with Gasteiger partial charge in [0, 0.05) is 23.7 Å². The van der Waals surface area contributed by atoms with E-state index in [1.54, 1.807) is 0 Å². The average molecular weight is 267 g/mol. The van der Waals surface area contributed by atoms with Crippen LogP contribution >= 0.6 is 11.6 Å². The van der Waals surface area contributed by atoms with E-state index in [0.717, 1.165) is 18.0 Å². The van der Waals surface area contributed by atoms with E-state index in [1.807, 2.05) is 12.1 Å². The Balaban J connectivity index is 1.81. The molecule has 1 N–H and O–H groups in total. The highest BCUT2D eigenvalue weighted by molar-refractivity contribution is 6.30. The first-order chi connectivity index (χ1) is 8.69. The molecule has 0 spiro atoms. The first-order valence-electron chi connectivity index (χ1n) is 6.85. The van der Waals surface area contributed by atoms with Crippen LogP contribution in [-0.4, -0.2) is 37.1 Å². The van der Waals surface area contributed by atoms with E-state index < -0.39 is 0 Å². The number of piperidine rings is 1. The normalized spacial score (nSPS) is 25.3. The van der Waals surface area contributed by atoms with Crippen LogP contribution in [0.1, 0.15) is 25.3 Å². The number of rotatable bonds is 4. The highest BCUT2D eigenvalue weighted by Crippen LogP contribution is 2.18.